The topological polar surface area (TPSA) is 138 Å². The van der Waals surface area contributed by atoms with Crippen LogP contribution in [-0.4, -0.2) is 54.9 Å². The van der Waals surface area contributed by atoms with E-state index >= 15 is 0 Å². The van der Waals surface area contributed by atoms with Crippen LogP contribution in [0.15, 0.2) is 48.7 Å². The quantitative estimate of drug-likeness (QED) is 0.495. The van der Waals surface area contributed by atoms with Gasteiger partial charge in [0.1, 0.15) is 17.6 Å². The first-order chi connectivity index (χ1) is 16.8. The molecule has 0 spiro atoms. The summed E-state index contributed by atoms with van der Waals surface area (Å²) in [7, 11) is 3.97. The molecule has 1 unspecified atom stereocenters. The number of nitrogens with one attached hydrogen (secondary N) is 2. The lowest BCUT2D eigenvalue weighted by atomic mass is 10.1. The molecule has 2 aromatic carbocycles. The highest BCUT2D eigenvalue weighted by Gasteiger charge is 2.35. The van der Waals surface area contributed by atoms with Crippen molar-refractivity contribution in [3.63, 3.8) is 0 Å². The number of ether oxygens (including phenoxy) is 3. The molecule has 4 rings (SSSR count). The molecule has 0 aliphatic carbocycles. The molecule has 2 heterocycles. The van der Waals surface area contributed by atoms with Gasteiger partial charge < -0.3 is 24.8 Å². The summed E-state index contributed by atoms with van der Waals surface area (Å²) >= 11 is 0. The first kappa shape index (κ1) is 23.5. The molecule has 0 fully saturated rings. The van der Waals surface area contributed by atoms with Gasteiger partial charge >= 0.3 is 11.9 Å². The van der Waals surface area contributed by atoms with Crippen LogP contribution in [0.1, 0.15) is 33.2 Å². The van der Waals surface area contributed by atoms with Crippen LogP contribution >= 0.6 is 0 Å². The van der Waals surface area contributed by atoms with Crippen molar-refractivity contribution in [1.29, 1.82) is 0 Å². The monoisotopic (exact) mass is 478 g/mol. The maximum atomic E-state index is 12.8. The number of carbonyl (C=O) groups is 4. The van der Waals surface area contributed by atoms with Crippen molar-refractivity contribution in [2.45, 2.75) is 12.5 Å². The first-order valence-corrected chi connectivity index (χ1v) is 10.5. The van der Waals surface area contributed by atoms with E-state index in [1.807, 2.05) is 12.1 Å². The van der Waals surface area contributed by atoms with Gasteiger partial charge in [0.2, 0.25) is 5.91 Å². The Bertz CT molecular complexity index is 1280. The largest absolute Gasteiger partial charge is 0.497 e. The lowest BCUT2D eigenvalue weighted by molar-refractivity contribution is -0.123. The normalized spacial score (nSPS) is 14.0. The van der Waals surface area contributed by atoms with Crippen molar-refractivity contribution in [3.05, 3.63) is 59.8 Å². The van der Waals surface area contributed by atoms with E-state index in [4.69, 9.17) is 14.2 Å². The van der Waals surface area contributed by atoms with Crippen molar-refractivity contribution in [2.24, 2.45) is 0 Å². The summed E-state index contributed by atoms with van der Waals surface area (Å²) in [5, 5.41) is 9.71. The van der Waals surface area contributed by atoms with Gasteiger partial charge in [-0.05, 0) is 35.9 Å². The molecule has 1 aromatic heterocycles. The molecule has 180 valence electrons. The highest BCUT2D eigenvalue weighted by atomic mass is 16.5. The minimum atomic E-state index is -0.874. The lowest BCUT2D eigenvalue weighted by Crippen LogP contribution is -2.23. The second-order valence-electron chi connectivity index (χ2n) is 7.62. The molecule has 0 radical (unpaired) electrons. The van der Waals surface area contributed by atoms with Gasteiger partial charge in [0.25, 0.3) is 5.91 Å². The third-order valence-corrected chi connectivity index (χ3v) is 5.47. The van der Waals surface area contributed by atoms with Gasteiger partial charge in [-0.1, -0.05) is 12.1 Å². The molecule has 1 aliphatic rings. The van der Waals surface area contributed by atoms with E-state index in [-0.39, 0.29) is 29.1 Å². The molecule has 2 amide bonds. The van der Waals surface area contributed by atoms with Crippen LogP contribution in [0.4, 0.5) is 11.5 Å². The predicted octanol–water partition coefficient (Wildman–Crippen LogP) is 2.65. The van der Waals surface area contributed by atoms with Gasteiger partial charge in [0.15, 0.2) is 0 Å². The fourth-order valence-electron chi connectivity index (χ4n) is 3.75. The second kappa shape index (κ2) is 9.67. The summed E-state index contributed by atoms with van der Waals surface area (Å²) in [4.78, 5) is 49.4. The number of benzene rings is 2. The number of methoxy groups -OCH3 is 3. The highest BCUT2D eigenvalue weighted by Crippen LogP contribution is 2.36. The molecule has 2 N–H and O–H groups in total. The lowest BCUT2D eigenvalue weighted by Gasteiger charge is -2.12. The van der Waals surface area contributed by atoms with Crippen LogP contribution in [0.2, 0.25) is 0 Å². The van der Waals surface area contributed by atoms with Crippen molar-refractivity contribution in [2.75, 3.05) is 32.0 Å². The Hall–Kier alpha value is -4.67. The molecule has 35 heavy (non-hydrogen) atoms. The summed E-state index contributed by atoms with van der Waals surface area (Å²) in [6.07, 6.45) is 1.39. The third-order valence-electron chi connectivity index (χ3n) is 5.47. The number of fused-ring (bicyclic) bond motifs is 1. The molecule has 0 saturated carbocycles. The number of amides is 2. The van der Waals surface area contributed by atoms with Crippen molar-refractivity contribution in [1.82, 2.24) is 9.78 Å². The molecular formula is C24H22N4O7. The fourth-order valence-corrected chi connectivity index (χ4v) is 3.75. The number of carbonyl (C=O) groups excluding carboxylic acids is 4. The average molecular weight is 478 g/mol. The SMILES string of the molecule is COC(=O)c1cc(NC(=O)CC2C(=O)Nc3c(-c4ccc(OC)cc4)cnn32)cc(C(=O)OC)c1. The van der Waals surface area contributed by atoms with Gasteiger partial charge in [-0.25, -0.2) is 14.3 Å². The summed E-state index contributed by atoms with van der Waals surface area (Å²) in [5.41, 5.74) is 1.83. The Morgan fingerprint density at radius 2 is 1.63 bits per heavy atom. The Morgan fingerprint density at radius 3 is 2.20 bits per heavy atom. The Morgan fingerprint density at radius 1 is 1.00 bits per heavy atom. The smallest absolute Gasteiger partial charge is 0.337 e. The maximum absolute atomic E-state index is 12.8. The van der Waals surface area contributed by atoms with E-state index in [0.717, 1.165) is 5.56 Å². The number of hydrogen-bond donors (Lipinski definition) is 2. The molecular weight excluding hydrogens is 456 g/mol. The van der Waals surface area contributed by atoms with E-state index in [2.05, 4.69) is 15.7 Å². The van der Waals surface area contributed by atoms with Crippen LogP contribution in [0, 0.1) is 0 Å². The summed E-state index contributed by atoms with van der Waals surface area (Å²) < 4.78 is 16.0. The maximum Gasteiger partial charge on any atom is 0.337 e. The number of aromatic nitrogens is 2. The van der Waals surface area contributed by atoms with E-state index in [0.29, 0.717) is 17.1 Å². The number of nitrogens with zero attached hydrogens (tertiary/aromatic N) is 2. The van der Waals surface area contributed by atoms with E-state index in [1.165, 1.54) is 37.1 Å². The molecule has 11 nitrogen and oxygen atoms in total. The van der Waals surface area contributed by atoms with Crippen LogP contribution in [0.5, 0.6) is 5.75 Å². The van der Waals surface area contributed by atoms with Crippen molar-refractivity contribution >= 4 is 35.3 Å². The number of rotatable bonds is 7. The summed E-state index contributed by atoms with van der Waals surface area (Å²) in [6.45, 7) is 0. The Kier molecular flexibility index (Phi) is 6.49. The minimum absolute atomic E-state index is 0.0582. The summed E-state index contributed by atoms with van der Waals surface area (Å²) in [5.74, 6) is -1.09. The molecule has 11 heteroatoms. The minimum Gasteiger partial charge on any atom is -0.497 e. The Balaban J connectivity index is 1.54. The molecule has 1 atom stereocenters. The standard InChI is InChI=1S/C24H22N4O7/c1-33-17-6-4-13(5-7-17)18-12-25-28-19(22(30)27-21(18)28)11-20(29)26-16-9-14(23(31)34-2)8-15(10-16)24(32)35-3/h4-10,12,19H,11H2,1-3H3,(H,26,29)(H,27,30). The van der Waals surface area contributed by atoms with E-state index in [9.17, 15) is 19.2 Å². The molecule has 0 saturated heterocycles. The van der Waals surface area contributed by atoms with Crippen LogP contribution in [0.25, 0.3) is 11.1 Å². The summed E-state index contributed by atoms with van der Waals surface area (Å²) in [6, 6.07) is 10.4. The van der Waals surface area contributed by atoms with Gasteiger partial charge in [-0.15, -0.1) is 0 Å². The van der Waals surface area contributed by atoms with E-state index in [1.54, 1.807) is 25.4 Å². The zero-order valence-electron chi connectivity index (χ0n) is 19.2. The molecule has 3 aromatic rings. The van der Waals surface area contributed by atoms with Gasteiger partial charge in [0, 0.05) is 11.3 Å². The molecule has 0 bridgehead atoms. The highest BCUT2D eigenvalue weighted by molar-refractivity contribution is 6.05. The van der Waals surface area contributed by atoms with Crippen molar-refractivity contribution < 1.29 is 33.4 Å². The van der Waals surface area contributed by atoms with Gasteiger partial charge in [0.05, 0.1) is 45.1 Å². The number of anilines is 2. The van der Waals surface area contributed by atoms with Crippen molar-refractivity contribution in [3.8, 4) is 16.9 Å². The predicted molar refractivity (Wildman–Crippen MR) is 124 cm³/mol. The van der Waals surface area contributed by atoms with E-state index < -0.39 is 23.9 Å². The number of hydrogen-bond acceptors (Lipinski definition) is 8. The zero-order chi connectivity index (χ0) is 25.1. The van der Waals surface area contributed by atoms with Gasteiger partial charge in [-0.2, -0.15) is 5.10 Å². The molecule has 1 aliphatic heterocycles. The fraction of sp³-hybridized carbons (Fsp3) is 0.208. The van der Waals surface area contributed by atoms with Crippen LogP contribution < -0.4 is 15.4 Å². The van der Waals surface area contributed by atoms with Crippen LogP contribution in [-0.2, 0) is 19.1 Å². The number of esters is 2. The zero-order valence-corrected chi connectivity index (χ0v) is 19.2. The first-order valence-electron chi connectivity index (χ1n) is 10.5. The second-order valence-corrected chi connectivity index (χ2v) is 7.62. The third kappa shape index (κ3) is 4.69. The average Bonchev–Trinajstić information content (AvgIpc) is 3.41. The van der Waals surface area contributed by atoms with Gasteiger partial charge in [-0.3, -0.25) is 9.59 Å². The van der Waals surface area contributed by atoms with Crippen LogP contribution in [0.3, 0.4) is 0 Å². The Labute approximate surface area is 200 Å².